The third kappa shape index (κ3) is 3.98. The van der Waals surface area contributed by atoms with E-state index < -0.39 is 6.10 Å². The third-order valence-corrected chi connectivity index (χ3v) is 5.04. The number of Topliss-reactive ketones (excluding diaryl/α,β-unsaturated/α-hetero) is 1. The number of hydrogen-bond donors (Lipinski definition) is 0. The molecule has 0 radical (unpaired) electrons. The molecule has 0 spiro atoms. The molecule has 1 aliphatic heterocycles. The van der Waals surface area contributed by atoms with Crippen LogP contribution in [0.25, 0.3) is 0 Å². The average molecular weight is 382 g/mol. The number of para-hydroxylation sites is 2. The van der Waals surface area contributed by atoms with Crippen LogP contribution in [0, 0.1) is 0 Å². The zero-order valence-electron chi connectivity index (χ0n) is 14.8. The molecule has 3 aromatic rings. The predicted molar refractivity (Wildman–Crippen MR) is 100 cm³/mol. The number of aryl methyl sites for hydroxylation is 1. The van der Waals surface area contributed by atoms with E-state index in [1.54, 1.807) is 0 Å². The van der Waals surface area contributed by atoms with Crippen molar-refractivity contribution in [3.8, 4) is 11.5 Å². The number of thioether (sulfide) groups is 1. The van der Waals surface area contributed by atoms with Crippen LogP contribution in [-0.4, -0.2) is 28.3 Å². The predicted octanol–water partition coefficient (Wildman–Crippen LogP) is 4.12. The molecule has 7 heteroatoms. The Hall–Kier alpha value is -2.80. The molecule has 0 saturated heterocycles. The Bertz CT molecular complexity index is 939. The second kappa shape index (κ2) is 7.84. The van der Waals surface area contributed by atoms with Crippen LogP contribution in [0.5, 0.6) is 11.5 Å². The lowest BCUT2D eigenvalue weighted by Gasteiger charge is -2.23. The van der Waals surface area contributed by atoms with E-state index in [1.165, 1.54) is 17.3 Å². The van der Waals surface area contributed by atoms with Gasteiger partial charge >= 0.3 is 0 Å². The molecule has 0 aliphatic carbocycles. The van der Waals surface area contributed by atoms with Crippen molar-refractivity contribution in [2.24, 2.45) is 0 Å². The molecule has 0 N–H and O–H groups in total. The highest BCUT2D eigenvalue weighted by molar-refractivity contribution is 7.99. The number of rotatable bonds is 6. The molecule has 4 rings (SSSR count). The number of aromatic nitrogens is 2. The summed E-state index contributed by atoms with van der Waals surface area (Å²) < 4.78 is 17.2. The Morgan fingerprint density at radius 2 is 1.89 bits per heavy atom. The normalized spacial score (nSPS) is 15.5. The Balaban J connectivity index is 1.36. The van der Waals surface area contributed by atoms with Crippen LogP contribution < -0.4 is 9.47 Å². The highest BCUT2D eigenvalue weighted by Crippen LogP contribution is 2.35. The van der Waals surface area contributed by atoms with Gasteiger partial charge in [0.2, 0.25) is 6.10 Å². The first-order chi connectivity index (χ1) is 13.2. The van der Waals surface area contributed by atoms with E-state index in [2.05, 4.69) is 17.1 Å². The topological polar surface area (TPSA) is 74.5 Å². The van der Waals surface area contributed by atoms with Crippen LogP contribution in [-0.2, 0) is 6.42 Å². The van der Waals surface area contributed by atoms with E-state index >= 15 is 0 Å². The largest absolute Gasteiger partial charge is 0.485 e. The van der Waals surface area contributed by atoms with Crippen LogP contribution >= 0.6 is 11.8 Å². The molecule has 6 nitrogen and oxygen atoms in total. The fraction of sp³-hybridized carbons (Fsp3) is 0.250. The molecule has 2 aromatic carbocycles. The number of ketones is 1. The van der Waals surface area contributed by atoms with Crippen molar-refractivity contribution in [3.05, 3.63) is 65.5 Å². The molecule has 0 amide bonds. The molecule has 138 valence electrons. The average Bonchev–Trinajstić information content (AvgIpc) is 3.21. The van der Waals surface area contributed by atoms with Crippen molar-refractivity contribution in [2.75, 3.05) is 12.4 Å². The molecule has 27 heavy (non-hydrogen) atoms. The zero-order chi connectivity index (χ0) is 18.6. The van der Waals surface area contributed by atoms with E-state index in [0.29, 0.717) is 34.8 Å². The molecule has 2 heterocycles. The standard InChI is InChI=1S/C20H18N2O4S/c1-2-13-7-9-14(10-8-13)15(23)12-27-20-22-21-19(26-20)18-11-24-16-5-3-4-6-17(16)25-18/h3-10,18H,2,11-12H2,1H3/t18-/m0/s1. The number of carbonyl (C=O) groups excluding carboxylic acids is 1. The molecular formula is C20H18N2O4S. The van der Waals surface area contributed by atoms with Gasteiger partial charge < -0.3 is 13.9 Å². The van der Waals surface area contributed by atoms with Crippen LogP contribution in [0.3, 0.4) is 0 Å². The van der Waals surface area contributed by atoms with Gasteiger partial charge in [-0.25, -0.2) is 0 Å². The SMILES string of the molecule is CCc1ccc(C(=O)CSc2nnc([C@@H]3COc4ccccc4O3)o2)cc1. The summed E-state index contributed by atoms with van der Waals surface area (Å²) in [5.41, 5.74) is 1.89. The first-order valence-electron chi connectivity index (χ1n) is 8.69. The molecule has 0 unspecified atom stereocenters. The third-order valence-electron chi connectivity index (χ3n) is 4.22. The van der Waals surface area contributed by atoms with E-state index in [9.17, 15) is 4.79 Å². The maximum Gasteiger partial charge on any atom is 0.277 e. The fourth-order valence-electron chi connectivity index (χ4n) is 2.69. The summed E-state index contributed by atoms with van der Waals surface area (Å²) in [6.07, 6.45) is 0.491. The smallest absolute Gasteiger partial charge is 0.277 e. The van der Waals surface area contributed by atoms with Crippen LogP contribution in [0.4, 0.5) is 0 Å². The summed E-state index contributed by atoms with van der Waals surface area (Å²) in [4.78, 5) is 12.3. The van der Waals surface area contributed by atoms with Crippen molar-refractivity contribution in [3.63, 3.8) is 0 Å². The summed E-state index contributed by atoms with van der Waals surface area (Å²) >= 11 is 1.22. The van der Waals surface area contributed by atoms with Gasteiger partial charge in [-0.3, -0.25) is 4.79 Å². The Labute approximate surface area is 160 Å². The van der Waals surface area contributed by atoms with Gasteiger partial charge in [-0.1, -0.05) is 55.1 Å². The summed E-state index contributed by atoms with van der Waals surface area (Å²) in [5.74, 6) is 1.94. The van der Waals surface area contributed by atoms with E-state index in [1.807, 2.05) is 48.5 Å². The van der Waals surface area contributed by atoms with Crippen molar-refractivity contribution in [1.29, 1.82) is 0 Å². The Morgan fingerprint density at radius 3 is 2.67 bits per heavy atom. The maximum atomic E-state index is 12.3. The fourth-order valence-corrected chi connectivity index (χ4v) is 3.35. The van der Waals surface area contributed by atoms with Gasteiger partial charge in [0, 0.05) is 5.56 Å². The van der Waals surface area contributed by atoms with Crippen molar-refractivity contribution < 1.29 is 18.7 Å². The minimum atomic E-state index is -0.459. The first kappa shape index (κ1) is 17.6. The van der Waals surface area contributed by atoms with E-state index in [-0.39, 0.29) is 11.5 Å². The van der Waals surface area contributed by atoms with E-state index in [0.717, 1.165) is 6.42 Å². The van der Waals surface area contributed by atoms with Crippen LogP contribution in [0.15, 0.2) is 58.2 Å². The number of nitrogens with zero attached hydrogens (tertiary/aromatic N) is 2. The summed E-state index contributed by atoms with van der Waals surface area (Å²) in [7, 11) is 0. The van der Waals surface area contributed by atoms with Gasteiger partial charge in [0.25, 0.3) is 11.1 Å². The lowest BCUT2D eigenvalue weighted by molar-refractivity contribution is 0.0686. The maximum absolute atomic E-state index is 12.3. The van der Waals surface area contributed by atoms with E-state index in [4.69, 9.17) is 13.9 Å². The molecule has 0 saturated carbocycles. The lowest BCUT2D eigenvalue weighted by Crippen LogP contribution is -2.21. The summed E-state index contributed by atoms with van der Waals surface area (Å²) in [5, 5.41) is 8.37. The van der Waals surface area contributed by atoms with Gasteiger partial charge in [0.05, 0.1) is 5.75 Å². The first-order valence-corrected chi connectivity index (χ1v) is 9.68. The highest BCUT2D eigenvalue weighted by Gasteiger charge is 2.27. The zero-order valence-corrected chi connectivity index (χ0v) is 15.6. The number of benzene rings is 2. The molecular weight excluding hydrogens is 364 g/mol. The second-order valence-electron chi connectivity index (χ2n) is 6.03. The number of fused-ring (bicyclic) bond motifs is 1. The number of carbonyl (C=O) groups is 1. The quantitative estimate of drug-likeness (QED) is 0.469. The second-order valence-corrected chi connectivity index (χ2v) is 6.96. The minimum absolute atomic E-state index is 0.0218. The van der Waals surface area contributed by atoms with Gasteiger partial charge in [0.15, 0.2) is 17.3 Å². The highest BCUT2D eigenvalue weighted by atomic mass is 32.2. The lowest BCUT2D eigenvalue weighted by atomic mass is 10.1. The van der Waals surface area contributed by atoms with Crippen molar-refractivity contribution in [1.82, 2.24) is 10.2 Å². The summed E-state index contributed by atoms with van der Waals surface area (Å²) in [6.45, 7) is 2.38. The Morgan fingerprint density at radius 1 is 1.11 bits per heavy atom. The van der Waals surface area contributed by atoms with Crippen molar-refractivity contribution in [2.45, 2.75) is 24.7 Å². The minimum Gasteiger partial charge on any atom is -0.485 e. The number of ether oxygens (including phenoxy) is 2. The molecule has 0 bridgehead atoms. The monoisotopic (exact) mass is 382 g/mol. The molecule has 1 aliphatic rings. The van der Waals surface area contributed by atoms with Crippen molar-refractivity contribution >= 4 is 17.5 Å². The van der Waals surface area contributed by atoms with Gasteiger partial charge in [-0.05, 0) is 24.1 Å². The van der Waals surface area contributed by atoms with Gasteiger partial charge in [0.1, 0.15) is 6.61 Å². The van der Waals surface area contributed by atoms with Gasteiger partial charge in [-0.2, -0.15) is 0 Å². The van der Waals surface area contributed by atoms with Crippen LogP contribution in [0.2, 0.25) is 0 Å². The Kier molecular flexibility index (Phi) is 5.11. The van der Waals surface area contributed by atoms with Crippen LogP contribution in [0.1, 0.15) is 34.8 Å². The molecule has 0 fully saturated rings. The van der Waals surface area contributed by atoms with Gasteiger partial charge in [-0.15, -0.1) is 10.2 Å². The molecule has 1 atom stereocenters. The number of hydrogen-bond acceptors (Lipinski definition) is 7. The summed E-state index contributed by atoms with van der Waals surface area (Å²) in [6, 6.07) is 15.1. The molecule has 1 aromatic heterocycles.